The third kappa shape index (κ3) is 5.44. The maximum absolute atomic E-state index is 13.3. The van der Waals surface area contributed by atoms with E-state index in [1.54, 1.807) is 0 Å². The van der Waals surface area contributed by atoms with E-state index >= 15 is 0 Å². The summed E-state index contributed by atoms with van der Waals surface area (Å²) in [5.41, 5.74) is 4.48. The van der Waals surface area contributed by atoms with Crippen LogP contribution in [0.4, 0.5) is 0 Å². The van der Waals surface area contributed by atoms with Gasteiger partial charge in [0, 0.05) is 36.1 Å². The zero-order valence-electron chi connectivity index (χ0n) is 21.5. The topological polar surface area (TPSA) is 90.5 Å². The van der Waals surface area contributed by atoms with Crippen LogP contribution in [0.2, 0.25) is 0 Å². The van der Waals surface area contributed by atoms with E-state index in [-0.39, 0.29) is 24.7 Å². The number of amides is 1. The largest absolute Gasteiger partial charge is 0.490 e. The second-order valence-electron chi connectivity index (χ2n) is 10.4. The monoisotopic (exact) mass is 510 g/mol. The lowest BCUT2D eigenvalue weighted by Gasteiger charge is -2.31. The number of aliphatic hydroxyl groups excluding tert-OH is 1. The number of carbonyl (C=O) groups is 1. The first-order chi connectivity index (χ1) is 18.7. The molecule has 0 spiro atoms. The van der Waals surface area contributed by atoms with Gasteiger partial charge in [-0.2, -0.15) is 5.10 Å². The highest BCUT2D eigenvalue weighted by Crippen LogP contribution is 2.41. The molecular formula is C31H34N4O3. The second kappa shape index (κ2) is 11.0. The lowest BCUT2D eigenvalue weighted by molar-refractivity contribution is 0.0889. The van der Waals surface area contributed by atoms with Crippen molar-refractivity contribution in [2.45, 2.75) is 37.8 Å². The van der Waals surface area contributed by atoms with E-state index in [1.807, 2.05) is 60.7 Å². The molecule has 7 nitrogen and oxygen atoms in total. The van der Waals surface area contributed by atoms with Gasteiger partial charge in [0.05, 0.1) is 23.9 Å². The Kier molecular flexibility index (Phi) is 7.12. The normalized spacial score (nSPS) is 17.4. The number of hydrogen-bond donors (Lipinski definition) is 3. The van der Waals surface area contributed by atoms with Crippen molar-refractivity contribution in [3.63, 3.8) is 0 Å². The van der Waals surface area contributed by atoms with Crippen molar-refractivity contribution in [2.24, 2.45) is 5.92 Å². The summed E-state index contributed by atoms with van der Waals surface area (Å²) in [7, 11) is 0. The van der Waals surface area contributed by atoms with E-state index < -0.39 is 0 Å². The fourth-order valence-electron chi connectivity index (χ4n) is 5.44. The van der Waals surface area contributed by atoms with E-state index in [9.17, 15) is 4.79 Å². The molecule has 0 radical (unpaired) electrons. The Balaban J connectivity index is 1.16. The first kappa shape index (κ1) is 24.6. The summed E-state index contributed by atoms with van der Waals surface area (Å²) < 4.78 is 6.22. The number of H-pyrrole nitrogens is 1. The maximum Gasteiger partial charge on any atom is 0.251 e. The number of carbonyl (C=O) groups excluding carboxylic acids is 1. The van der Waals surface area contributed by atoms with Crippen molar-refractivity contribution in [1.29, 1.82) is 0 Å². The van der Waals surface area contributed by atoms with Gasteiger partial charge < -0.3 is 20.1 Å². The van der Waals surface area contributed by atoms with E-state index in [2.05, 4.69) is 32.5 Å². The minimum absolute atomic E-state index is 0.0395. The first-order valence-corrected chi connectivity index (χ1v) is 13.6. The molecule has 1 unspecified atom stereocenters. The lowest BCUT2D eigenvalue weighted by atomic mass is 10.0. The molecule has 2 heterocycles. The molecule has 196 valence electrons. The van der Waals surface area contributed by atoms with Gasteiger partial charge in [0.15, 0.2) is 0 Å². The molecule has 7 heteroatoms. The Morgan fingerprint density at radius 1 is 1.03 bits per heavy atom. The lowest BCUT2D eigenvalue weighted by Crippen LogP contribution is -2.39. The molecule has 3 aromatic carbocycles. The molecule has 6 rings (SSSR count). The zero-order chi connectivity index (χ0) is 25.9. The summed E-state index contributed by atoms with van der Waals surface area (Å²) >= 11 is 0. The van der Waals surface area contributed by atoms with Crippen LogP contribution in [0.1, 0.15) is 47.6 Å². The van der Waals surface area contributed by atoms with Crippen LogP contribution in [0.5, 0.6) is 5.75 Å². The van der Waals surface area contributed by atoms with Gasteiger partial charge in [-0.1, -0.05) is 30.3 Å². The van der Waals surface area contributed by atoms with Crippen molar-refractivity contribution >= 4 is 16.8 Å². The summed E-state index contributed by atoms with van der Waals surface area (Å²) in [6.45, 7) is 2.84. The Labute approximate surface area is 222 Å². The quantitative estimate of drug-likeness (QED) is 0.297. The minimum Gasteiger partial charge on any atom is -0.490 e. The molecule has 2 aliphatic rings. The number of nitrogens with one attached hydrogen (secondary N) is 2. The Morgan fingerprint density at radius 3 is 2.50 bits per heavy atom. The van der Waals surface area contributed by atoms with Gasteiger partial charge in [-0.3, -0.25) is 9.89 Å². The molecule has 1 aromatic heterocycles. The molecule has 2 fully saturated rings. The number of benzene rings is 3. The van der Waals surface area contributed by atoms with Gasteiger partial charge in [0.1, 0.15) is 11.9 Å². The number of piperidine rings is 1. The molecule has 4 aromatic rings. The Morgan fingerprint density at radius 2 is 1.79 bits per heavy atom. The van der Waals surface area contributed by atoms with Crippen LogP contribution in [0, 0.1) is 5.92 Å². The number of ether oxygens (including phenoxy) is 1. The molecule has 1 aliphatic heterocycles. The van der Waals surface area contributed by atoms with Crippen molar-refractivity contribution in [3.8, 4) is 17.0 Å². The van der Waals surface area contributed by atoms with Gasteiger partial charge in [0.2, 0.25) is 0 Å². The van der Waals surface area contributed by atoms with Gasteiger partial charge in [0.25, 0.3) is 5.91 Å². The van der Waals surface area contributed by atoms with Crippen LogP contribution < -0.4 is 10.1 Å². The van der Waals surface area contributed by atoms with Crippen molar-refractivity contribution in [2.75, 3.05) is 26.2 Å². The predicted octanol–water partition coefficient (Wildman–Crippen LogP) is 4.95. The molecular weight excluding hydrogens is 476 g/mol. The summed E-state index contributed by atoms with van der Waals surface area (Å²) in [5.74, 6) is 1.29. The van der Waals surface area contributed by atoms with Gasteiger partial charge in [-0.25, -0.2) is 0 Å². The number of hydrogen-bond acceptors (Lipinski definition) is 5. The highest BCUT2D eigenvalue weighted by atomic mass is 16.5. The van der Waals surface area contributed by atoms with Crippen LogP contribution in [-0.2, 0) is 0 Å². The maximum atomic E-state index is 13.3. The van der Waals surface area contributed by atoms with E-state index in [4.69, 9.17) is 9.84 Å². The third-order valence-electron chi connectivity index (χ3n) is 7.75. The van der Waals surface area contributed by atoms with Gasteiger partial charge in [-0.15, -0.1) is 0 Å². The molecule has 1 atom stereocenters. The zero-order valence-corrected chi connectivity index (χ0v) is 21.5. The van der Waals surface area contributed by atoms with Crippen LogP contribution in [-0.4, -0.2) is 58.5 Å². The standard InChI is InChI=1S/C31H34N4O3/c36-19-18-35-16-14-26(15-17-35)38-25-11-8-23(9-12-25)30-27-20-24(10-13-28(27)33-34-30)31(37)32-29(22-6-7-22)21-4-2-1-3-5-21/h1-5,8-13,20,22,26,29,36H,6-7,14-19H2,(H,32,37)(H,33,34). The van der Waals surface area contributed by atoms with Crippen LogP contribution in [0.3, 0.4) is 0 Å². The summed E-state index contributed by atoms with van der Waals surface area (Å²) in [6, 6.07) is 24.0. The fraction of sp³-hybridized carbons (Fsp3) is 0.355. The average Bonchev–Trinajstić information content (AvgIpc) is 3.72. The second-order valence-corrected chi connectivity index (χ2v) is 10.4. The van der Waals surface area contributed by atoms with Crippen molar-refractivity contribution in [3.05, 3.63) is 83.9 Å². The van der Waals surface area contributed by atoms with E-state index in [0.29, 0.717) is 11.5 Å². The fourth-order valence-corrected chi connectivity index (χ4v) is 5.44. The van der Waals surface area contributed by atoms with Crippen LogP contribution in [0.15, 0.2) is 72.8 Å². The highest BCUT2D eigenvalue weighted by molar-refractivity contribution is 6.01. The van der Waals surface area contributed by atoms with Crippen molar-refractivity contribution < 1.29 is 14.6 Å². The average molecular weight is 511 g/mol. The first-order valence-electron chi connectivity index (χ1n) is 13.6. The smallest absolute Gasteiger partial charge is 0.251 e. The summed E-state index contributed by atoms with van der Waals surface area (Å²) in [5, 5.41) is 21.0. The summed E-state index contributed by atoms with van der Waals surface area (Å²) in [6.07, 6.45) is 4.41. The minimum atomic E-state index is -0.0615. The predicted molar refractivity (Wildman–Crippen MR) is 148 cm³/mol. The van der Waals surface area contributed by atoms with E-state index in [1.165, 1.54) is 0 Å². The van der Waals surface area contributed by atoms with Gasteiger partial charge >= 0.3 is 0 Å². The number of likely N-dealkylation sites (tertiary alicyclic amines) is 1. The van der Waals surface area contributed by atoms with Crippen LogP contribution in [0.25, 0.3) is 22.2 Å². The Hall–Kier alpha value is -3.68. The number of aromatic nitrogens is 2. The van der Waals surface area contributed by atoms with E-state index in [0.717, 1.165) is 78.8 Å². The third-order valence-corrected chi connectivity index (χ3v) is 7.75. The number of fused-ring (bicyclic) bond motifs is 1. The molecule has 1 saturated heterocycles. The Bertz CT molecular complexity index is 1370. The number of β-amino-alcohol motifs (C(OH)–C–C–N with tert-alkyl or cyclic N) is 1. The molecule has 38 heavy (non-hydrogen) atoms. The molecule has 0 bridgehead atoms. The number of nitrogens with zero attached hydrogens (tertiary/aromatic N) is 2. The highest BCUT2D eigenvalue weighted by Gasteiger charge is 2.33. The number of aliphatic hydroxyl groups is 1. The van der Waals surface area contributed by atoms with Gasteiger partial charge in [-0.05, 0) is 79.6 Å². The number of rotatable bonds is 9. The molecule has 1 aliphatic carbocycles. The number of aromatic amines is 1. The molecule has 1 amide bonds. The molecule has 3 N–H and O–H groups in total. The summed E-state index contributed by atoms with van der Waals surface area (Å²) in [4.78, 5) is 15.6. The van der Waals surface area contributed by atoms with Crippen molar-refractivity contribution in [1.82, 2.24) is 20.4 Å². The van der Waals surface area contributed by atoms with Crippen LogP contribution >= 0.6 is 0 Å². The SMILES string of the molecule is O=C(NC(c1ccccc1)C1CC1)c1ccc2[nH]nc(-c3ccc(OC4CCN(CCO)CC4)cc3)c2c1. The molecule has 1 saturated carbocycles.